The first kappa shape index (κ1) is 22.6. The molecule has 0 aliphatic carbocycles. The van der Waals surface area contributed by atoms with Crippen LogP contribution in [0.3, 0.4) is 0 Å². The first-order valence-electron chi connectivity index (χ1n) is 11.9. The van der Waals surface area contributed by atoms with Crippen molar-refractivity contribution in [2.24, 2.45) is 0 Å². The van der Waals surface area contributed by atoms with Crippen LogP contribution in [0.4, 0.5) is 11.4 Å². The summed E-state index contributed by atoms with van der Waals surface area (Å²) >= 11 is 1.70. The topological polar surface area (TPSA) is 87.3 Å². The maximum Gasteiger partial charge on any atom is 0.255 e. The lowest BCUT2D eigenvalue weighted by Gasteiger charge is -2.29. The summed E-state index contributed by atoms with van der Waals surface area (Å²) in [7, 11) is 0. The number of aromatic amines is 1. The zero-order valence-corrected chi connectivity index (χ0v) is 20.3. The van der Waals surface area contributed by atoms with Gasteiger partial charge in [0.05, 0.1) is 18.9 Å². The zero-order chi connectivity index (χ0) is 24.5. The Balaban J connectivity index is 1.29. The molecule has 1 fully saturated rings. The fourth-order valence-electron chi connectivity index (χ4n) is 4.65. The zero-order valence-electron chi connectivity index (χ0n) is 19.5. The van der Waals surface area contributed by atoms with Gasteiger partial charge in [-0.1, -0.05) is 30.0 Å². The van der Waals surface area contributed by atoms with Crippen molar-refractivity contribution in [1.82, 2.24) is 9.97 Å². The Kier molecular flexibility index (Phi) is 6.04. The van der Waals surface area contributed by atoms with Crippen LogP contribution in [0.1, 0.15) is 21.5 Å². The van der Waals surface area contributed by atoms with E-state index < -0.39 is 0 Å². The number of pyridine rings is 2. The fraction of sp³-hybridized carbons (Fsp3) is 0.179. The number of hydrogen-bond donors (Lipinski definition) is 2. The molecule has 0 unspecified atom stereocenters. The minimum Gasteiger partial charge on any atom is -0.378 e. The quantitative estimate of drug-likeness (QED) is 0.379. The molecule has 7 nitrogen and oxygen atoms in total. The van der Waals surface area contributed by atoms with E-state index in [1.807, 2.05) is 18.2 Å². The molecule has 4 aromatic rings. The van der Waals surface area contributed by atoms with Gasteiger partial charge in [0, 0.05) is 63.8 Å². The predicted molar refractivity (Wildman–Crippen MR) is 141 cm³/mol. The first-order valence-corrected chi connectivity index (χ1v) is 12.7. The molecule has 1 saturated heterocycles. The number of ether oxygens (including phenoxy) is 1. The van der Waals surface area contributed by atoms with E-state index in [0.717, 1.165) is 57.5 Å². The molecule has 36 heavy (non-hydrogen) atoms. The molecule has 8 heteroatoms. The smallest absolute Gasteiger partial charge is 0.255 e. The Morgan fingerprint density at radius 2 is 1.83 bits per heavy atom. The van der Waals surface area contributed by atoms with Crippen LogP contribution in [-0.2, 0) is 11.2 Å². The van der Waals surface area contributed by atoms with Gasteiger partial charge in [-0.15, -0.1) is 0 Å². The minimum absolute atomic E-state index is 0.109. The average molecular weight is 497 g/mol. The monoisotopic (exact) mass is 496 g/mol. The van der Waals surface area contributed by atoms with Gasteiger partial charge < -0.3 is 19.9 Å². The van der Waals surface area contributed by atoms with E-state index in [1.54, 1.807) is 42.4 Å². The average Bonchev–Trinajstić information content (AvgIpc) is 2.92. The van der Waals surface area contributed by atoms with Crippen molar-refractivity contribution in [1.29, 1.82) is 0 Å². The molecule has 1 amide bonds. The Labute approximate surface area is 212 Å². The molecule has 6 rings (SSSR count). The molecule has 0 spiro atoms. The van der Waals surface area contributed by atoms with Crippen molar-refractivity contribution in [3.63, 3.8) is 0 Å². The van der Waals surface area contributed by atoms with Gasteiger partial charge >= 0.3 is 0 Å². The molecule has 2 aromatic heterocycles. The van der Waals surface area contributed by atoms with Crippen molar-refractivity contribution in [3.05, 3.63) is 100 Å². The van der Waals surface area contributed by atoms with E-state index in [9.17, 15) is 9.59 Å². The van der Waals surface area contributed by atoms with Gasteiger partial charge in [-0.05, 0) is 53.9 Å². The van der Waals surface area contributed by atoms with E-state index in [2.05, 4.69) is 44.5 Å². The number of fused-ring (bicyclic) bond motifs is 2. The van der Waals surface area contributed by atoms with E-state index >= 15 is 0 Å². The fourth-order valence-corrected chi connectivity index (χ4v) is 5.83. The van der Waals surface area contributed by atoms with Crippen LogP contribution in [-0.4, -0.2) is 42.2 Å². The lowest BCUT2D eigenvalue weighted by atomic mass is 9.99. The largest absolute Gasteiger partial charge is 0.378 e. The molecule has 2 aromatic carbocycles. The minimum atomic E-state index is -0.160. The number of benzene rings is 2. The number of morpholine rings is 1. The van der Waals surface area contributed by atoms with Crippen LogP contribution in [0, 0.1) is 0 Å². The van der Waals surface area contributed by atoms with Crippen LogP contribution in [0.2, 0.25) is 0 Å². The Bertz CT molecular complexity index is 1500. The number of hydrogen-bond acceptors (Lipinski definition) is 6. The second-order valence-electron chi connectivity index (χ2n) is 8.80. The van der Waals surface area contributed by atoms with Gasteiger partial charge in [0.1, 0.15) is 0 Å². The van der Waals surface area contributed by atoms with Gasteiger partial charge in [0.2, 0.25) is 5.56 Å². The van der Waals surface area contributed by atoms with Gasteiger partial charge in [0.25, 0.3) is 5.91 Å². The van der Waals surface area contributed by atoms with E-state index in [0.29, 0.717) is 18.8 Å². The molecule has 180 valence electrons. The van der Waals surface area contributed by atoms with Crippen molar-refractivity contribution in [2.75, 3.05) is 36.5 Å². The third-order valence-corrected chi connectivity index (χ3v) is 7.75. The van der Waals surface area contributed by atoms with Crippen LogP contribution in [0.15, 0.2) is 87.6 Å². The summed E-state index contributed by atoms with van der Waals surface area (Å²) in [5.41, 5.74) is 6.34. The Morgan fingerprint density at radius 1 is 1.00 bits per heavy atom. The number of nitrogens with one attached hydrogen (secondary N) is 2. The van der Waals surface area contributed by atoms with Gasteiger partial charge in [-0.3, -0.25) is 14.6 Å². The molecule has 0 atom stereocenters. The number of carbonyl (C=O) groups excluding carboxylic acids is 1. The number of rotatable bonds is 4. The molecule has 2 aliphatic heterocycles. The second kappa shape index (κ2) is 9.64. The number of H-pyrrole nitrogens is 1. The molecule has 2 N–H and O–H groups in total. The highest BCUT2D eigenvalue weighted by atomic mass is 32.2. The highest BCUT2D eigenvalue weighted by molar-refractivity contribution is 7.99. The molecule has 4 heterocycles. The third kappa shape index (κ3) is 4.53. The van der Waals surface area contributed by atoms with Crippen molar-refractivity contribution in [2.45, 2.75) is 16.2 Å². The van der Waals surface area contributed by atoms with Crippen LogP contribution in [0.5, 0.6) is 0 Å². The Morgan fingerprint density at radius 3 is 2.67 bits per heavy atom. The number of nitrogens with zero attached hydrogens (tertiary/aromatic N) is 2. The molecule has 0 bridgehead atoms. The third-order valence-electron chi connectivity index (χ3n) is 6.45. The van der Waals surface area contributed by atoms with E-state index in [1.165, 1.54) is 5.56 Å². The molecule has 2 aliphatic rings. The number of carbonyl (C=O) groups is 1. The van der Waals surface area contributed by atoms with Crippen LogP contribution in [0.25, 0.3) is 11.3 Å². The summed E-state index contributed by atoms with van der Waals surface area (Å²) in [5.74, 6) is -0.160. The van der Waals surface area contributed by atoms with Crippen molar-refractivity contribution in [3.8, 4) is 11.3 Å². The summed E-state index contributed by atoms with van der Waals surface area (Å²) in [6.45, 7) is 2.89. The molecular weight excluding hydrogens is 472 g/mol. The SMILES string of the molecule is O=C(Nc1ccc2c(c1)Cc1cccc(-c3cc(N4CCOCC4)cc(=O)[nH]3)c1S2)c1ccncc1. The molecular formula is C28H24N4O3S. The maximum absolute atomic E-state index is 12.6. The summed E-state index contributed by atoms with van der Waals surface area (Å²) in [6, 6.07) is 19.4. The molecule has 0 radical (unpaired) electrons. The summed E-state index contributed by atoms with van der Waals surface area (Å²) in [6.07, 6.45) is 3.96. The van der Waals surface area contributed by atoms with E-state index in [-0.39, 0.29) is 11.5 Å². The lowest BCUT2D eigenvalue weighted by molar-refractivity contribution is 0.102. The maximum atomic E-state index is 12.6. The number of aromatic nitrogens is 2. The van der Waals surface area contributed by atoms with Crippen molar-refractivity contribution < 1.29 is 9.53 Å². The predicted octanol–water partition coefficient (Wildman–Crippen LogP) is 4.58. The molecule has 0 saturated carbocycles. The summed E-state index contributed by atoms with van der Waals surface area (Å²) in [5, 5.41) is 2.98. The highest BCUT2D eigenvalue weighted by Gasteiger charge is 2.22. The normalized spacial score (nSPS) is 14.6. The van der Waals surface area contributed by atoms with Gasteiger partial charge in [-0.2, -0.15) is 0 Å². The lowest BCUT2D eigenvalue weighted by Crippen LogP contribution is -2.36. The van der Waals surface area contributed by atoms with Crippen molar-refractivity contribution >= 4 is 29.0 Å². The number of anilines is 2. The highest BCUT2D eigenvalue weighted by Crippen LogP contribution is 2.45. The van der Waals surface area contributed by atoms with Crippen LogP contribution < -0.4 is 15.8 Å². The van der Waals surface area contributed by atoms with Gasteiger partial charge in [0.15, 0.2) is 0 Å². The van der Waals surface area contributed by atoms with Gasteiger partial charge in [-0.25, -0.2) is 0 Å². The second-order valence-corrected chi connectivity index (χ2v) is 9.85. The summed E-state index contributed by atoms with van der Waals surface area (Å²) in [4.78, 5) is 36.6. The van der Waals surface area contributed by atoms with Crippen LogP contribution >= 0.6 is 11.8 Å². The summed E-state index contributed by atoms with van der Waals surface area (Å²) < 4.78 is 5.47. The first-order chi connectivity index (χ1) is 17.6. The standard InChI is InChI=1S/C28H24N4O3S/c33-26-17-22(32-10-12-35-13-11-32)16-24(31-26)23-3-1-2-19-14-20-15-21(4-5-25(20)36-27(19)23)30-28(34)18-6-8-29-9-7-18/h1-9,15-17H,10-14H2,(H,30,34)(H,31,33). The number of amides is 1. The Hall–Kier alpha value is -3.88. The van der Waals surface area contributed by atoms with E-state index in [4.69, 9.17) is 4.74 Å².